The summed E-state index contributed by atoms with van der Waals surface area (Å²) in [5, 5.41) is 13.5. The number of hydrogen-bond donors (Lipinski definition) is 2. The molecule has 0 fully saturated rings. The zero-order valence-corrected chi connectivity index (χ0v) is 9.40. The van der Waals surface area contributed by atoms with Crippen molar-refractivity contribution in [1.82, 2.24) is 0 Å². The Balaban J connectivity index is 2.31. The van der Waals surface area contributed by atoms with Crippen LogP contribution in [0.1, 0.15) is 6.92 Å². The minimum Gasteiger partial charge on any atom is -0.395 e. The summed E-state index contributed by atoms with van der Waals surface area (Å²) in [5.41, 5.74) is 1.11. The second-order valence-corrected chi connectivity index (χ2v) is 5.13. The number of rotatable bonds is 1. The van der Waals surface area contributed by atoms with Gasteiger partial charge in [0.15, 0.2) is 0 Å². The number of benzene rings is 1. The average Bonchev–Trinajstić information content (AvgIpc) is 2.17. The number of hydrogen-bond acceptors (Lipinski definition) is 3. The van der Waals surface area contributed by atoms with E-state index in [9.17, 15) is 0 Å². The van der Waals surface area contributed by atoms with Crippen molar-refractivity contribution in [2.75, 3.05) is 11.9 Å². The van der Waals surface area contributed by atoms with Crippen molar-refractivity contribution in [2.24, 2.45) is 0 Å². The molecule has 76 valence electrons. The molecule has 0 aromatic heterocycles. The first-order chi connectivity index (χ1) is 6.70. The van der Waals surface area contributed by atoms with Crippen LogP contribution in [0.25, 0.3) is 0 Å². The lowest BCUT2D eigenvalue weighted by Gasteiger charge is -2.30. The second-order valence-electron chi connectivity index (χ2n) is 3.41. The number of halogens is 1. The van der Waals surface area contributed by atoms with Gasteiger partial charge in [0, 0.05) is 21.6 Å². The van der Waals surface area contributed by atoms with E-state index in [1.54, 1.807) is 11.8 Å². The number of anilines is 1. The van der Waals surface area contributed by atoms with Crippen molar-refractivity contribution in [3.8, 4) is 0 Å². The molecule has 2 nitrogen and oxygen atoms in total. The molecule has 4 heteroatoms. The minimum absolute atomic E-state index is 0.185. The summed E-state index contributed by atoms with van der Waals surface area (Å²) in [4.78, 5) is 1.12. The monoisotopic (exact) mass is 229 g/mol. The Bertz CT molecular complexity index is 345. The third kappa shape index (κ3) is 1.85. The molecule has 14 heavy (non-hydrogen) atoms. The predicted octanol–water partition coefficient (Wildman–Crippen LogP) is 2.61. The van der Waals surface area contributed by atoms with E-state index in [1.807, 2.05) is 18.2 Å². The fraction of sp³-hybridized carbons (Fsp3) is 0.400. The van der Waals surface area contributed by atoms with Gasteiger partial charge in [-0.05, 0) is 25.1 Å². The van der Waals surface area contributed by atoms with Crippen LogP contribution >= 0.6 is 23.4 Å². The van der Waals surface area contributed by atoms with Gasteiger partial charge in [-0.3, -0.25) is 0 Å². The first-order valence-corrected chi connectivity index (χ1v) is 5.80. The molecule has 2 rings (SSSR count). The summed E-state index contributed by atoms with van der Waals surface area (Å²) in [6, 6.07) is 6.08. The zero-order chi connectivity index (χ0) is 10.1. The zero-order valence-electron chi connectivity index (χ0n) is 7.83. The van der Waals surface area contributed by atoms with Gasteiger partial charge in [0.05, 0.1) is 11.9 Å². The summed E-state index contributed by atoms with van der Waals surface area (Å²) in [6.45, 7) is 2.26. The number of aliphatic hydroxyl groups excluding tert-OH is 1. The molecule has 2 unspecified atom stereocenters. The number of nitrogens with one attached hydrogen (secondary N) is 1. The Labute approximate surface area is 92.7 Å². The van der Waals surface area contributed by atoms with Gasteiger partial charge in [0.25, 0.3) is 0 Å². The molecule has 0 spiro atoms. The molecule has 1 aliphatic heterocycles. The van der Waals surface area contributed by atoms with Crippen molar-refractivity contribution >= 4 is 29.1 Å². The van der Waals surface area contributed by atoms with Gasteiger partial charge in [-0.25, -0.2) is 0 Å². The molecule has 1 aromatic carbocycles. The standard InChI is InChI=1S/C10H12ClNOS/c1-6-10(5-13)14-9-4-7(11)2-3-8(9)12-6/h2-4,6,10,12-13H,5H2,1H3. The van der Waals surface area contributed by atoms with Crippen molar-refractivity contribution in [2.45, 2.75) is 23.1 Å². The molecule has 1 aromatic rings. The SMILES string of the molecule is CC1Nc2ccc(Cl)cc2SC1CO. The van der Waals surface area contributed by atoms with Crippen molar-refractivity contribution in [1.29, 1.82) is 0 Å². The van der Waals surface area contributed by atoms with Crippen molar-refractivity contribution in [3.63, 3.8) is 0 Å². The van der Waals surface area contributed by atoms with Gasteiger partial charge >= 0.3 is 0 Å². The summed E-state index contributed by atoms with van der Waals surface area (Å²) >= 11 is 7.58. The number of fused-ring (bicyclic) bond motifs is 1. The summed E-state index contributed by atoms with van der Waals surface area (Å²) in [7, 11) is 0. The topological polar surface area (TPSA) is 32.3 Å². The van der Waals surface area contributed by atoms with E-state index in [1.165, 1.54) is 0 Å². The van der Waals surface area contributed by atoms with Crippen LogP contribution in [0.2, 0.25) is 5.02 Å². The quantitative estimate of drug-likeness (QED) is 0.777. The first kappa shape index (κ1) is 10.1. The van der Waals surface area contributed by atoms with Crippen LogP contribution in [0, 0.1) is 0 Å². The lowest BCUT2D eigenvalue weighted by atomic mass is 10.2. The van der Waals surface area contributed by atoms with Crippen molar-refractivity contribution in [3.05, 3.63) is 23.2 Å². The molecule has 0 aliphatic carbocycles. The lowest BCUT2D eigenvalue weighted by Crippen LogP contribution is -2.34. The molecular weight excluding hydrogens is 218 g/mol. The molecule has 0 bridgehead atoms. The Hall–Kier alpha value is -0.380. The molecule has 1 aliphatic rings. The van der Waals surface area contributed by atoms with E-state index >= 15 is 0 Å². The minimum atomic E-state index is 0.185. The summed E-state index contributed by atoms with van der Waals surface area (Å²) < 4.78 is 0. The fourth-order valence-corrected chi connectivity index (χ4v) is 2.87. The molecule has 0 amide bonds. The Morgan fingerprint density at radius 1 is 1.57 bits per heavy atom. The largest absolute Gasteiger partial charge is 0.395 e. The molecule has 0 saturated carbocycles. The van der Waals surface area contributed by atoms with E-state index in [2.05, 4.69) is 12.2 Å². The lowest BCUT2D eigenvalue weighted by molar-refractivity contribution is 0.287. The van der Waals surface area contributed by atoms with E-state index in [0.29, 0.717) is 6.04 Å². The van der Waals surface area contributed by atoms with Crippen LogP contribution in [-0.2, 0) is 0 Å². The highest BCUT2D eigenvalue weighted by molar-refractivity contribution is 8.00. The first-order valence-electron chi connectivity index (χ1n) is 4.54. The number of thioether (sulfide) groups is 1. The van der Waals surface area contributed by atoms with E-state index in [4.69, 9.17) is 16.7 Å². The normalized spacial score (nSPS) is 25.4. The third-order valence-electron chi connectivity index (χ3n) is 2.34. The highest BCUT2D eigenvalue weighted by Crippen LogP contribution is 2.38. The predicted molar refractivity (Wildman–Crippen MR) is 61.3 cm³/mol. The summed E-state index contributed by atoms with van der Waals surface area (Å²) in [6.07, 6.45) is 0. The van der Waals surface area contributed by atoms with Gasteiger partial charge in [0.2, 0.25) is 0 Å². The van der Waals surface area contributed by atoms with Crippen LogP contribution in [0.3, 0.4) is 0 Å². The Kier molecular flexibility index (Phi) is 2.91. The second kappa shape index (κ2) is 4.01. The molecule has 2 N–H and O–H groups in total. The van der Waals surface area contributed by atoms with Crippen LogP contribution < -0.4 is 5.32 Å². The van der Waals surface area contributed by atoms with Crippen LogP contribution in [0.5, 0.6) is 0 Å². The molecule has 1 heterocycles. The van der Waals surface area contributed by atoms with Crippen molar-refractivity contribution < 1.29 is 5.11 Å². The average molecular weight is 230 g/mol. The Morgan fingerprint density at radius 3 is 3.07 bits per heavy atom. The van der Waals surface area contributed by atoms with Gasteiger partial charge in [-0.1, -0.05) is 11.6 Å². The summed E-state index contributed by atoms with van der Waals surface area (Å²) in [5.74, 6) is 0. The van der Waals surface area contributed by atoms with Crippen LogP contribution in [-0.4, -0.2) is 23.0 Å². The highest BCUT2D eigenvalue weighted by atomic mass is 35.5. The molecule has 2 atom stereocenters. The van der Waals surface area contributed by atoms with E-state index in [-0.39, 0.29) is 11.9 Å². The highest BCUT2D eigenvalue weighted by Gasteiger charge is 2.24. The van der Waals surface area contributed by atoms with E-state index in [0.717, 1.165) is 15.6 Å². The fourth-order valence-electron chi connectivity index (χ4n) is 1.51. The molecule has 0 saturated heterocycles. The molecular formula is C10H12ClNOS. The maximum atomic E-state index is 9.16. The Morgan fingerprint density at radius 2 is 2.36 bits per heavy atom. The number of aliphatic hydroxyl groups is 1. The smallest absolute Gasteiger partial charge is 0.0573 e. The van der Waals surface area contributed by atoms with Crippen LogP contribution in [0.4, 0.5) is 5.69 Å². The van der Waals surface area contributed by atoms with Gasteiger partial charge < -0.3 is 10.4 Å². The van der Waals surface area contributed by atoms with Gasteiger partial charge in [-0.2, -0.15) is 0 Å². The van der Waals surface area contributed by atoms with Gasteiger partial charge in [0.1, 0.15) is 0 Å². The third-order valence-corrected chi connectivity index (χ3v) is 4.03. The maximum absolute atomic E-state index is 9.16. The van der Waals surface area contributed by atoms with E-state index < -0.39 is 0 Å². The molecule has 0 radical (unpaired) electrons. The van der Waals surface area contributed by atoms with Gasteiger partial charge in [-0.15, -0.1) is 11.8 Å². The van der Waals surface area contributed by atoms with Crippen LogP contribution in [0.15, 0.2) is 23.1 Å². The maximum Gasteiger partial charge on any atom is 0.0573 e.